The number of nitrogens with two attached hydrogens (primary N) is 1. The van der Waals surface area contributed by atoms with Crippen molar-refractivity contribution in [1.29, 1.82) is 0 Å². The minimum absolute atomic E-state index is 0.435. The molecule has 1 heterocycles. The number of thioether (sulfide) groups is 1. The molecule has 0 radical (unpaired) electrons. The molecule has 0 spiro atoms. The predicted octanol–water partition coefficient (Wildman–Crippen LogP) is 2.22. The molecule has 3 nitrogen and oxygen atoms in total. The van der Waals surface area contributed by atoms with Crippen LogP contribution in [0.25, 0.3) is 0 Å². The van der Waals surface area contributed by atoms with Crippen LogP contribution >= 0.6 is 11.8 Å². The minimum Gasteiger partial charge on any atom is -0.396 e. The van der Waals surface area contributed by atoms with Crippen LogP contribution in [0, 0.1) is 0 Å². The maximum absolute atomic E-state index is 5.77. The normalized spacial score (nSPS) is 12.4. The maximum atomic E-state index is 5.77. The highest BCUT2D eigenvalue weighted by Crippen LogP contribution is 2.17. The number of hydrogen-bond donors (Lipinski definition) is 2. The molecular formula is C10H17N3S. The first kappa shape index (κ1) is 11.2. The van der Waals surface area contributed by atoms with Gasteiger partial charge >= 0.3 is 0 Å². The Labute approximate surface area is 89.5 Å². The van der Waals surface area contributed by atoms with Gasteiger partial charge in [-0.3, -0.25) is 4.98 Å². The van der Waals surface area contributed by atoms with Gasteiger partial charge in [-0.15, -0.1) is 0 Å². The summed E-state index contributed by atoms with van der Waals surface area (Å²) in [7, 11) is 0. The standard InChI is InChI=1S/C10H17N3S/c1-3-14-7-8(2)13-10-4-5-12-6-9(10)11/h4-6,8H,3,7,11H2,1-2H3,(H,12,13). The maximum Gasteiger partial charge on any atom is 0.0736 e. The third-order valence-electron chi connectivity index (χ3n) is 1.83. The van der Waals surface area contributed by atoms with E-state index in [0.29, 0.717) is 11.7 Å². The van der Waals surface area contributed by atoms with Crippen LogP contribution < -0.4 is 11.1 Å². The fraction of sp³-hybridized carbons (Fsp3) is 0.500. The summed E-state index contributed by atoms with van der Waals surface area (Å²) in [6, 6.07) is 2.34. The van der Waals surface area contributed by atoms with E-state index in [-0.39, 0.29) is 0 Å². The third kappa shape index (κ3) is 3.46. The molecule has 4 heteroatoms. The van der Waals surface area contributed by atoms with E-state index in [2.05, 4.69) is 24.1 Å². The number of hydrogen-bond acceptors (Lipinski definition) is 4. The molecule has 0 aromatic carbocycles. The summed E-state index contributed by atoms with van der Waals surface area (Å²) in [5.41, 5.74) is 7.45. The van der Waals surface area contributed by atoms with E-state index in [1.54, 1.807) is 12.4 Å². The van der Waals surface area contributed by atoms with Crippen LogP contribution in [0.5, 0.6) is 0 Å². The van der Waals surface area contributed by atoms with Gasteiger partial charge in [0, 0.05) is 18.0 Å². The second-order valence-corrected chi connectivity index (χ2v) is 4.49. The van der Waals surface area contributed by atoms with Crippen molar-refractivity contribution in [2.45, 2.75) is 19.9 Å². The van der Waals surface area contributed by atoms with Crippen molar-refractivity contribution in [2.75, 3.05) is 22.6 Å². The summed E-state index contributed by atoms with van der Waals surface area (Å²) < 4.78 is 0. The Morgan fingerprint density at radius 1 is 1.64 bits per heavy atom. The van der Waals surface area contributed by atoms with Crippen LogP contribution in [0.2, 0.25) is 0 Å². The highest BCUT2D eigenvalue weighted by Gasteiger charge is 2.03. The minimum atomic E-state index is 0.435. The molecule has 0 aliphatic rings. The van der Waals surface area contributed by atoms with E-state index >= 15 is 0 Å². The molecule has 1 unspecified atom stereocenters. The first-order valence-corrected chi connectivity index (χ1v) is 5.93. The molecule has 3 N–H and O–H groups in total. The summed E-state index contributed by atoms with van der Waals surface area (Å²) >= 11 is 1.92. The van der Waals surface area contributed by atoms with E-state index in [9.17, 15) is 0 Å². The Balaban J connectivity index is 2.47. The fourth-order valence-corrected chi connectivity index (χ4v) is 1.81. The van der Waals surface area contributed by atoms with Crippen LogP contribution in [-0.2, 0) is 0 Å². The van der Waals surface area contributed by atoms with Crippen LogP contribution in [0.15, 0.2) is 18.5 Å². The molecule has 1 rings (SSSR count). The van der Waals surface area contributed by atoms with E-state index in [4.69, 9.17) is 5.73 Å². The van der Waals surface area contributed by atoms with Crippen molar-refractivity contribution in [3.05, 3.63) is 18.5 Å². The van der Waals surface area contributed by atoms with Crippen LogP contribution in [0.4, 0.5) is 11.4 Å². The van der Waals surface area contributed by atoms with Crippen LogP contribution in [0.1, 0.15) is 13.8 Å². The van der Waals surface area contributed by atoms with E-state index in [1.165, 1.54) is 0 Å². The second-order valence-electron chi connectivity index (χ2n) is 3.17. The molecule has 0 aliphatic carbocycles. The number of aromatic nitrogens is 1. The lowest BCUT2D eigenvalue weighted by Gasteiger charge is -2.15. The SMILES string of the molecule is CCSCC(C)Nc1ccncc1N. The van der Waals surface area contributed by atoms with Gasteiger partial charge in [-0.25, -0.2) is 0 Å². The van der Waals surface area contributed by atoms with Crippen molar-refractivity contribution in [3.8, 4) is 0 Å². The number of nitrogen functional groups attached to an aromatic ring is 1. The zero-order valence-electron chi connectivity index (χ0n) is 8.66. The Kier molecular flexibility index (Phi) is 4.59. The molecule has 14 heavy (non-hydrogen) atoms. The summed E-state index contributed by atoms with van der Waals surface area (Å²) in [6.45, 7) is 4.32. The number of pyridine rings is 1. The van der Waals surface area contributed by atoms with Crippen molar-refractivity contribution in [2.24, 2.45) is 0 Å². The Morgan fingerprint density at radius 2 is 2.43 bits per heavy atom. The summed E-state index contributed by atoms with van der Waals surface area (Å²) in [4.78, 5) is 3.94. The topological polar surface area (TPSA) is 50.9 Å². The van der Waals surface area contributed by atoms with E-state index in [1.807, 2.05) is 17.8 Å². The zero-order chi connectivity index (χ0) is 10.4. The van der Waals surface area contributed by atoms with Gasteiger partial charge in [-0.2, -0.15) is 11.8 Å². The lowest BCUT2D eigenvalue weighted by molar-refractivity contribution is 0.913. The molecule has 1 aromatic rings. The summed E-state index contributed by atoms with van der Waals surface area (Å²) in [5, 5.41) is 3.36. The Bertz CT molecular complexity index is 278. The van der Waals surface area contributed by atoms with Gasteiger partial charge in [-0.1, -0.05) is 6.92 Å². The molecule has 0 aliphatic heterocycles. The van der Waals surface area contributed by atoms with Gasteiger partial charge in [0.2, 0.25) is 0 Å². The number of nitrogens with zero attached hydrogens (tertiary/aromatic N) is 1. The first-order chi connectivity index (χ1) is 6.74. The molecule has 0 bridgehead atoms. The Morgan fingerprint density at radius 3 is 3.07 bits per heavy atom. The van der Waals surface area contributed by atoms with Crippen LogP contribution in [0.3, 0.4) is 0 Å². The van der Waals surface area contributed by atoms with E-state index < -0.39 is 0 Å². The molecule has 1 aromatic heterocycles. The summed E-state index contributed by atoms with van der Waals surface area (Å²) in [6.07, 6.45) is 3.42. The van der Waals surface area contributed by atoms with Gasteiger partial charge in [0.25, 0.3) is 0 Å². The van der Waals surface area contributed by atoms with Gasteiger partial charge in [-0.05, 0) is 18.7 Å². The molecule has 0 saturated carbocycles. The van der Waals surface area contributed by atoms with Crippen molar-refractivity contribution < 1.29 is 0 Å². The van der Waals surface area contributed by atoms with E-state index in [0.717, 1.165) is 17.2 Å². The third-order valence-corrected chi connectivity index (χ3v) is 2.97. The van der Waals surface area contributed by atoms with Gasteiger partial charge < -0.3 is 11.1 Å². The quantitative estimate of drug-likeness (QED) is 0.784. The van der Waals surface area contributed by atoms with Crippen LogP contribution in [-0.4, -0.2) is 22.5 Å². The van der Waals surface area contributed by atoms with Crippen molar-refractivity contribution in [3.63, 3.8) is 0 Å². The fourth-order valence-electron chi connectivity index (χ4n) is 1.14. The Hall–Kier alpha value is -0.900. The average molecular weight is 211 g/mol. The average Bonchev–Trinajstić information content (AvgIpc) is 2.18. The highest BCUT2D eigenvalue weighted by molar-refractivity contribution is 7.99. The highest BCUT2D eigenvalue weighted by atomic mass is 32.2. The largest absolute Gasteiger partial charge is 0.396 e. The molecule has 78 valence electrons. The number of nitrogens with one attached hydrogen (secondary N) is 1. The molecular weight excluding hydrogens is 194 g/mol. The van der Waals surface area contributed by atoms with Gasteiger partial charge in [0.05, 0.1) is 17.6 Å². The second kappa shape index (κ2) is 5.75. The number of rotatable bonds is 5. The van der Waals surface area contributed by atoms with Gasteiger partial charge in [0.1, 0.15) is 0 Å². The molecule has 0 saturated heterocycles. The van der Waals surface area contributed by atoms with Crippen molar-refractivity contribution >= 4 is 23.1 Å². The van der Waals surface area contributed by atoms with Gasteiger partial charge in [0.15, 0.2) is 0 Å². The molecule has 1 atom stereocenters. The summed E-state index contributed by atoms with van der Waals surface area (Å²) in [5.74, 6) is 2.25. The smallest absolute Gasteiger partial charge is 0.0736 e. The first-order valence-electron chi connectivity index (χ1n) is 4.77. The van der Waals surface area contributed by atoms with Crippen molar-refractivity contribution in [1.82, 2.24) is 4.98 Å². The lowest BCUT2D eigenvalue weighted by atomic mass is 10.3. The lowest BCUT2D eigenvalue weighted by Crippen LogP contribution is -2.18. The zero-order valence-corrected chi connectivity index (χ0v) is 9.47. The number of anilines is 2. The monoisotopic (exact) mass is 211 g/mol. The molecule has 0 fully saturated rings. The molecule has 0 amide bonds. The predicted molar refractivity (Wildman–Crippen MR) is 64.7 cm³/mol.